The van der Waals surface area contributed by atoms with E-state index < -0.39 is 5.97 Å². The van der Waals surface area contributed by atoms with Crippen LogP contribution in [0.25, 0.3) is 0 Å². The third-order valence-corrected chi connectivity index (χ3v) is 4.66. The Morgan fingerprint density at radius 1 is 1.14 bits per heavy atom. The smallest absolute Gasteiger partial charge is 0.357 e. The normalized spacial score (nSPS) is 10.4. The molecule has 1 aromatic heterocycles. The Morgan fingerprint density at radius 3 is 2.64 bits per heavy atom. The summed E-state index contributed by atoms with van der Waals surface area (Å²) >= 11 is 7.03. The van der Waals surface area contributed by atoms with Crippen molar-refractivity contribution < 1.29 is 19.1 Å². The molecule has 3 aromatic rings. The summed E-state index contributed by atoms with van der Waals surface area (Å²) in [5.41, 5.74) is 1.46. The number of aromatic nitrogens is 1. The van der Waals surface area contributed by atoms with Gasteiger partial charge in [0.05, 0.1) is 12.2 Å². The van der Waals surface area contributed by atoms with Gasteiger partial charge in [-0.05, 0) is 36.8 Å². The third kappa shape index (κ3) is 5.09. The number of carbonyl (C=O) groups excluding carboxylic acids is 2. The van der Waals surface area contributed by atoms with E-state index in [1.165, 1.54) is 5.38 Å². The first-order valence-electron chi connectivity index (χ1n) is 8.47. The first-order valence-corrected chi connectivity index (χ1v) is 9.73. The van der Waals surface area contributed by atoms with Crippen molar-refractivity contribution in [3.63, 3.8) is 0 Å². The zero-order valence-electron chi connectivity index (χ0n) is 15.0. The van der Waals surface area contributed by atoms with E-state index in [9.17, 15) is 9.59 Å². The van der Waals surface area contributed by atoms with Gasteiger partial charge in [-0.3, -0.25) is 10.1 Å². The standard InChI is InChI=1S/C20H17ClN2O4S/c1-2-26-19(25)16-12-28-20(22-16)23-18(24)15-5-3-4-6-17(15)27-11-13-7-9-14(21)10-8-13/h3-10,12H,2,11H2,1H3,(H,22,23,24). The molecule has 0 atom stereocenters. The Labute approximate surface area is 171 Å². The predicted octanol–water partition coefficient (Wildman–Crippen LogP) is 4.80. The minimum absolute atomic E-state index is 0.162. The Bertz CT molecular complexity index is 972. The lowest BCUT2D eigenvalue weighted by molar-refractivity contribution is 0.0520. The Kier molecular flexibility index (Phi) is 6.62. The van der Waals surface area contributed by atoms with Gasteiger partial charge >= 0.3 is 5.97 Å². The number of anilines is 1. The molecule has 3 rings (SSSR count). The molecule has 0 aliphatic carbocycles. The van der Waals surface area contributed by atoms with Crippen molar-refractivity contribution in [3.05, 3.63) is 75.8 Å². The third-order valence-electron chi connectivity index (χ3n) is 3.65. The Balaban J connectivity index is 1.68. The molecule has 0 bridgehead atoms. The fourth-order valence-corrected chi connectivity index (χ4v) is 3.12. The van der Waals surface area contributed by atoms with Crippen LogP contribution in [0.5, 0.6) is 5.75 Å². The minimum Gasteiger partial charge on any atom is -0.488 e. The van der Waals surface area contributed by atoms with Crippen molar-refractivity contribution >= 4 is 39.9 Å². The van der Waals surface area contributed by atoms with E-state index in [-0.39, 0.29) is 18.2 Å². The number of nitrogens with zero attached hydrogens (tertiary/aromatic N) is 1. The predicted molar refractivity (Wildman–Crippen MR) is 108 cm³/mol. The molecule has 1 N–H and O–H groups in total. The minimum atomic E-state index is -0.522. The average Bonchev–Trinajstić information content (AvgIpc) is 3.16. The molecule has 2 aromatic carbocycles. The van der Waals surface area contributed by atoms with Crippen molar-refractivity contribution in [3.8, 4) is 5.75 Å². The summed E-state index contributed by atoms with van der Waals surface area (Å²) < 4.78 is 10.7. The second kappa shape index (κ2) is 9.34. The summed E-state index contributed by atoms with van der Waals surface area (Å²) in [6.45, 7) is 2.27. The van der Waals surface area contributed by atoms with Crippen LogP contribution in [0.1, 0.15) is 33.3 Å². The number of thiazole rings is 1. The Hall–Kier alpha value is -2.90. The van der Waals surface area contributed by atoms with Crippen molar-refractivity contribution in [2.24, 2.45) is 0 Å². The number of halogens is 1. The number of amides is 1. The highest BCUT2D eigenvalue weighted by Gasteiger charge is 2.16. The topological polar surface area (TPSA) is 77.5 Å². The number of hydrogen-bond donors (Lipinski definition) is 1. The summed E-state index contributed by atoms with van der Waals surface area (Å²) in [6, 6.07) is 14.2. The van der Waals surface area contributed by atoms with Crippen molar-refractivity contribution in [2.75, 3.05) is 11.9 Å². The molecule has 0 fully saturated rings. The number of hydrogen-bond acceptors (Lipinski definition) is 6. The molecule has 0 saturated heterocycles. The van der Waals surface area contributed by atoms with Gasteiger partial charge in [0.15, 0.2) is 10.8 Å². The lowest BCUT2D eigenvalue weighted by Gasteiger charge is -2.11. The van der Waals surface area contributed by atoms with Crippen LogP contribution in [-0.2, 0) is 11.3 Å². The highest BCUT2D eigenvalue weighted by Crippen LogP contribution is 2.23. The van der Waals surface area contributed by atoms with Gasteiger partial charge in [0.2, 0.25) is 0 Å². The second-order valence-corrected chi connectivity index (χ2v) is 6.92. The number of nitrogens with one attached hydrogen (secondary N) is 1. The average molecular weight is 417 g/mol. The monoisotopic (exact) mass is 416 g/mol. The first-order chi connectivity index (χ1) is 13.6. The first kappa shape index (κ1) is 19.9. The van der Waals surface area contributed by atoms with Gasteiger partial charge in [0.1, 0.15) is 12.4 Å². The molecule has 28 heavy (non-hydrogen) atoms. The van der Waals surface area contributed by atoms with E-state index in [1.54, 1.807) is 43.3 Å². The molecule has 1 heterocycles. The molecule has 0 spiro atoms. The zero-order valence-corrected chi connectivity index (χ0v) is 16.5. The molecule has 0 aliphatic heterocycles. The van der Waals surface area contributed by atoms with Gasteiger partial charge in [-0.1, -0.05) is 35.9 Å². The van der Waals surface area contributed by atoms with E-state index in [0.717, 1.165) is 16.9 Å². The molecular weight excluding hydrogens is 400 g/mol. The fraction of sp³-hybridized carbons (Fsp3) is 0.150. The van der Waals surface area contributed by atoms with Gasteiger partial charge in [-0.2, -0.15) is 0 Å². The summed E-state index contributed by atoms with van der Waals surface area (Å²) in [5, 5.41) is 5.18. The van der Waals surface area contributed by atoms with Crippen LogP contribution in [0.3, 0.4) is 0 Å². The number of rotatable bonds is 7. The number of benzene rings is 2. The lowest BCUT2D eigenvalue weighted by Crippen LogP contribution is -2.14. The molecular formula is C20H17ClN2O4S. The van der Waals surface area contributed by atoms with Crippen LogP contribution in [0, 0.1) is 0 Å². The lowest BCUT2D eigenvalue weighted by atomic mass is 10.2. The maximum atomic E-state index is 12.6. The molecule has 0 unspecified atom stereocenters. The number of carbonyl (C=O) groups is 2. The largest absolute Gasteiger partial charge is 0.488 e. The van der Waals surface area contributed by atoms with Gasteiger partial charge in [0.25, 0.3) is 5.91 Å². The van der Waals surface area contributed by atoms with Crippen LogP contribution in [0.15, 0.2) is 53.9 Å². The quantitative estimate of drug-likeness (QED) is 0.559. The van der Waals surface area contributed by atoms with Crippen molar-refractivity contribution in [2.45, 2.75) is 13.5 Å². The van der Waals surface area contributed by atoms with Gasteiger partial charge in [-0.25, -0.2) is 9.78 Å². The summed E-state index contributed by atoms with van der Waals surface area (Å²) in [5.74, 6) is -0.459. The number of esters is 1. The van der Waals surface area contributed by atoms with Crippen LogP contribution in [-0.4, -0.2) is 23.5 Å². The van der Waals surface area contributed by atoms with Gasteiger partial charge in [0, 0.05) is 10.4 Å². The summed E-state index contributed by atoms with van der Waals surface area (Å²) in [7, 11) is 0. The second-order valence-electron chi connectivity index (χ2n) is 5.62. The van der Waals surface area contributed by atoms with Crippen LogP contribution < -0.4 is 10.1 Å². The fourth-order valence-electron chi connectivity index (χ4n) is 2.32. The molecule has 144 valence electrons. The maximum absolute atomic E-state index is 12.6. The SMILES string of the molecule is CCOC(=O)c1csc(NC(=O)c2ccccc2OCc2ccc(Cl)cc2)n1. The highest BCUT2D eigenvalue weighted by atomic mass is 35.5. The highest BCUT2D eigenvalue weighted by molar-refractivity contribution is 7.14. The van der Waals surface area contributed by atoms with Gasteiger partial charge in [-0.15, -0.1) is 11.3 Å². The van der Waals surface area contributed by atoms with E-state index >= 15 is 0 Å². The van der Waals surface area contributed by atoms with Crippen molar-refractivity contribution in [1.82, 2.24) is 4.98 Å². The van der Waals surface area contributed by atoms with Gasteiger partial charge < -0.3 is 9.47 Å². The Morgan fingerprint density at radius 2 is 1.89 bits per heavy atom. The zero-order chi connectivity index (χ0) is 19.9. The van der Waals surface area contributed by atoms with Crippen molar-refractivity contribution in [1.29, 1.82) is 0 Å². The van der Waals surface area contributed by atoms with Crippen LogP contribution in [0.2, 0.25) is 5.02 Å². The summed E-state index contributed by atoms with van der Waals surface area (Å²) in [6.07, 6.45) is 0. The van der Waals surface area contributed by atoms with Crippen LogP contribution in [0.4, 0.5) is 5.13 Å². The van der Waals surface area contributed by atoms with E-state index in [2.05, 4.69) is 10.3 Å². The number of ether oxygens (including phenoxy) is 2. The molecule has 0 saturated carbocycles. The molecule has 8 heteroatoms. The summed E-state index contributed by atoms with van der Waals surface area (Å²) in [4.78, 5) is 28.4. The maximum Gasteiger partial charge on any atom is 0.357 e. The van der Waals surface area contributed by atoms with E-state index in [1.807, 2.05) is 12.1 Å². The molecule has 6 nitrogen and oxygen atoms in total. The number of para-hydroxylation sites is 1. The van der Waals surface area contributed by atoms with Crippen LogP contribution >= 0.6 is 22.9 Å². The van der Waals surface area contributed by atoms with E-state index in [4.69, 9.17) is 21.1 Å². The molecule has 0 aliphatic rings. The molecule has 1 amide bonds. The van der Waals surface area contributed by atoms with E-state index in [0.29, 0.717) is 28.1 Å². The molecule has 0 radical (unpaired) electrons.